The predicted molar refractivity (Wildman–Crippen MR) is 121 cm³/mol. The number of rotatable bonds is 4. The fraction of sp³-hybridized carbons (Fsp3) is 0.640. The number of likely N-dealkylation sites (tertiary alicyclic amines) is 1. The number of hydrogen-bond donors (Lipinski definition) is 2. The Balaban J connectivity index is 1.53. The van der Waals surface area contributed by atoms with Crippen molar-refractivity contribution >= 4 is 18.0 Å². The van der Waals surface area contributed by atoms with E-state index in [1.165, 1.54) is 9.80 Å². The highest BCUT2D eigenvalue weighted by Gasteiger charge is 2.58. The van der Waals surface area contributed by atoms with E-state index in [9.17, 15) is 24.6 Å². The smallest absolute Gasteiger partial charge is 0.410 e. The molecule has 34 heavy (non-hydrogen) atoms. The number of aliphatic hydroxyl groups is 2. The van der Waals surface area contributed by atoms with Gasteiger partial charge in [0, 0.05) is 12.5 Å². The highest BCUT2D eigenvalue weighted by molar-refractivity contribution is 5.91. The van der Waals surface area contributed by atoms with Gasteiger partial charge in [0.2, 0.25) is 5.91 Å². The third kappa shape index (κ3) is 4.77. The van der Waals surface area contributed by atoms with Crippen molar-refractivity contribution in [3.63, 3.8) is 0 Å². The second-order valence-electron chi connectivity index (χ2n) is 10.4. The second-order valence-corrected chi connectivity index (χ2v) is 10.4. The lowest BCUT2D eigenvalue weighted by Gasteiger charge is -2.55. The Morgan fingerprint density at radius 2 is 1.74 bits per heavy atom. The topological polar surface area (TPSA) is 117 Å². The number of hydrogen-bond acceptors (Lipinski definition) is 7. The van der Waals surface area contributed by atoms with Crippen molar-refractivity contribution in [1.82, 2.24) is 9.80 Å². The van der Waals surface area contributed by atoms with Gasteiger partial charge < -0.3 is 24.6 Å². The molecule has 1 aromatic rings. The number of nitrogens with zero attached hydrogens (tertiary/aromatic N) is 2. The molecule has 1 saturated carbocycles. The van der Waals surface area contributed by atoms with E-state index in [-0.39, 0.29) is 6.61 Å². The Bertz CT molecular complexity index is 916. The number of carbonyl (C=O) groups excluding carboxylic acids is 3. The highest BCUT2D eigenvalue weighted by atomic mass is 16.6. The quantitative estimate of drug-likeness (QED) is 0.640. The molecule has 2 N–H and O–H groups in total. The van der Waals surface area contributed by atoms with Crippen molar-refractivity contribution in [2.45, 2.75) is 89.0 Å². The van der Waals surface area contributed by atoms with E-state index in [1.54, 1.807) is 20.8 Å². The molecule has 0 unspecified atom stereocenters. The van der Waals surface area contributed by atoms with Crippen LogP contribution < -0.4 is 0 Å². The fourth-order valence-corrected chi connectivity index (χ4v) is 5.41. The maximum atomic E-state index is 13.8. The average molecular weight is 475 g/mol. The molecule has 9 nitrogen and oxygen atoms in total. The van der Waals surface area contributed by atoms with Crippen LogP contribution in [0.2, 0.25) is 0 Å². The summed E-state index contributed by atoms with van der Waals surface area (Å²) in [5.41, 5.74) is 0.0699. The summed E-state index contributed by atoms with van der Waals surface area (Å²) in [5.74, 6) is -1.64. The molecule has 4 fully saturated rings. The lowest BCUT2D eigenvalue weighted by atomic mass is 9.70. The third-order valence-electron chi connectivity index (χ3n) is 6.92. The normalized spacial score (nSPS) is 30.9. The first kappa shape index (κ1) is 24.5. The molecule has 0 aromatic heterocycles. The van der Waals surface area contributed by atoms with Crippen molar-refractivity contribution in [3.8, 4) is 0 Å². The maximum absolute atomic E-state index is 13.8. The number of benzene rings is 1. The monoisotopic (exact) mass is 474 g/mol. The first-order valence-electron chi connectivity index (χ1n) is 12.0. The SMILES string of the molecule is CC(C)(C)OC(=O)[C@@H]1[C@@H]2CC[C@@H]([C@@H](O)[C@H]2O)N1C(=O)[C@@H]1CCCN1C(=O)OCc1ccccc1. The van der Waals surface area contributed by atoms with Crippen LogP contribution in [-0.4, -0.2) is 80.5 Å². The van der Waals surface area contributed by atoms with Crippen LogP contribution in [0.4, 0.5) is 4.79 Å². The minimum Gasteiger partial charge on any atom is -0.458 e. The van der Waals surface area contributed by atoms with E-state index >= 15 is 0 Å². The molecule has 0 spiro atoms. The number of carbonyl (C=O) groups is 3. The summed E-state index contributed by atoms with van der Waals surface area (Å²) in [6.07, 6.45) is -0.815. The van der Waals surface area contributed by atoms with E-state index in [0.29, 0.717) is 32.2 Å². The third-order valence-corrected chi connectivity index (χ3v) is 6.92. The summed E-state index contributed by atoms with van der Waals surface area (Å²) in [7, 11) is 0. The van der Waals surface area contributed by atoms with Gasteiger partial charge >= 0.3 is 12.1 Å². The van der Waals surface area contributed by atoms with Crippen molar-refractivity contribution in [1.29, 1.82) is 0 Å². The molecule has 3 saturated heterocycles. The molecule has 1 aliphatic carbocycles. The largest absolute Gasteiger partial charge is 0.458 e. The molecular formula is C25H34N2O7. The van der Waals surface area contributed by atoms with E-state index in [1.807, 2.05) is 30.3 Å². The molecule has 3 heterocycles. The summed E-state index contributed by atoms with van der Waals surface area (Å²) in [5, 5.41) is 21.2. The average Bonchev–Trinajstić information content (AvgIpc) is 3.29. The van der Waals surface area contributed by atoms with E-state index in [4.69, 9.17) is 9.47 Å². The molecule has 186 valence electrons. The lowest BCUT2D eigenvalue weighted by molar-refractivity contribution is -0.202. The van der Waals surface area contributed by atoms with Crippen LogP contribution in [0.25, 0.3) is 0 Å². The number of piperidine rings is 2. The minimum atomic E-state index is -1.15. The fourth-order valence-electron chi connectivity index (χ4n) is 5.41. The van der Waals surface area contributed by atoms with Crippen molar-refractivity contribution in [3.05, 3.63) is 35.9 Å². The molecule has 2 bridgehead atoms. The van der Waals surface area contributed by atoms with E-state index < -0.39 is 59.8 Å². The standard InChI is InChI=1S/C25H34N2O7/c1-25(2,3)34-23(31)19-16-11-12-17(21(29)20(16)28)27(19)22(30)18-10-7-13-26(18)24(32)33-14-15-8-5-4-6-9-15/h4-6,8-9,16-21,28-29H,7,10-14H2,1-3H3/t16-,17-,18-,19-,20-,21+/m0/s1. The van der Waals surface area contributed by atoms with Gasteiger partial charge in [0.15, 0.2) is 0 Å². The maximum Gasteiger partial charge on any atom is 0.410 e. The molecule has 0 radical (unpaired) electrons. The lowest BCUT2D eigenvalue weighted by Crippen LogP contribution is -2.72. The summed E-state index contributed by atoms with van der Waals surface area (Å²) in [6, 6.07) is 6.77. The van der Waals surface area contributed by atoms with Crippen LogP contribution in [0.15, 0.2) is 30.3 Å². The van der Waals surface area contributed by atoms with E-state index in [0.717, 1.165) is 5.56 Å². The number of aliphatic hydroxyl groups excluding tert-OH is 2. The van der Waals surface area contributed by atoms with Crippen LogP contribution in [0, 0.1) is 5.92 Å². The van der Waals surface area contributed by atoms with Gasteiger partial charge in [0.25, 0.3) is 0 Å². The van der Waals surface area contributed by atoms with Gasteiger partial charge in [0.05, 0.1) is 12.1 Å². The zero-order valence-electron chi connectivity index (χ0n) is 19.9. The molecule has 6 atom stereocenters. The van der Waals surface area contributed by atoms with Gasteiger partial charge in [-0.3, -0.25) is 9.69 Å². The zero-order valence-corrected chi connectivity index (χ0v) is 19.9. The summed E-state index contributed by atoms with van der Waals surface area (Å²) in [6.45, 7) is 5.69. The first-order valence-corrected chi connectivity index (χ1v) is 12.0. The van der Waals surface area contributed by atoms with Crippen molar-refractivity contribution in [2.75, 3.05) is 6.54 Å². The minimum absolute atomic E-state index is 0.0942. The van der Waals surface area contributed by atoms with Crippen molar-refractivity contribution < 1.29 is 34.1 Å². The summed E-state index contributed by atoms with van der Waals surface area (Å²) >= 11 is 0. The highest BCUT2D eigenvalue weighted by Crippen LogP contribution is 2.42. The molecule has 9 heteroatoms. The van der Waals surface area contributed by atoms with Crippen LogP contribution >= 0.6 is 0 Å². The Labute approximate surface area is 199 Å². The van der Waals surface area contributed by atoms with Gasteiger partial charge in [-0.25, -0.2) is 9.59 Å². The van der Waals surface area contributed by atoms with E-state index in [2.05, 4.69) is 0 Å². The van der Waals surface area contributed by atoms with Gasteiger partial charge in [-0.1, -0.05) is 30.3 Å². The molecule has 5 rings (SSSR count). The molecule has 1 aromatic carbocycles. The number of amides is 2. The van der Waals surface area contributed by atoms with Gasteiger partial charge in [-0.05, 0) is 52.0 Å². The van der Waals surface area contributed by atoms with Crippen molar-refractivity contribution in [2.24, 2.45) is 5.92 Å². The number of fused-ring (bicyclic) bond motifs is 3. The molecular weight excluding hydrogens is 440 g/mol. The number of ether oxygens (including phenoxy) is 2. The summed E-state index contributed by atoms with van der Waals surface area (Å²) < 4.78 is 11.0. The Morgan fingerprint density at radius 3 is 2.41 bits per heavy atom. The van der Waals surface area contributed by atoms with Crippen LogP contribution in [0.1, 0.15) is 52.0 Å². The predicted octanol–water partition coefficient (Wildman–Crippen LogP) is 1.84. The Morgan fingerprint density at radius 1 is 1.03 bits per heavy atom. The van der Waals surface area contributed by atoms with Crippen LogP contribution in [0.5, 0.6) is 0 Å². The second kappa shape index (κ2) is 9.54. The Hall–Kier alpha value is -2.65. The zero-order chi connectivity index (χ0) is 24.6. The van der Waals surface area contributed by atoms with Crippen LogP contribution in [0.3, 0.4) is 0 Å². The van der Waals surface area contributed by atoms with Gasteiger partial charge in [0.1, 0.15) is 30.4 Å². The molecule has 2 amide bonds. The first-order chi connectivity index (χ1) is 16.1. The Kier molecular flexibility index (Phi) is 6.87. The van der Waals surface area contributed by atoms with Crippen LogP contribution in [-0.2, 0) is 25.7 Å². The van der Waals surface area contributed by atoms with Gasteiger partial charge in [-0.15, -0.1) is 0 Å². The summed E-state index contributed by atoms with van der Waals surface area (Å²) in [4.78, 5) is 42.6. The number of esters is 1. The molecule has 3 aliphatic heterocycles. The molecule has 4 aliphatic rings. The van der Waals surface area contributed by atoms with Gasteiger partial charge in [-0.2, -0.15) is 0 Å².